The molecule has 3 N–H and O–H groups in total. The molecule has 0 saturated carbocycles. The molecule has 3 aromatic heterocycles. The number of aromatic nitrogens is 5. The van der Waals surface area contributed by atoms with Crippen LogP contribution in [0.25, 0.3) is 16.8 Å². The van der Waals surface area contributed by atoms with Crippen molar-refractivity contribution in [2.75, 3.05) is 17.7 Å². The van der Waals surface area contributed by atoms with Crippen LogP contribution in [-0.2, 0) is 18.0 Å². The second-order valence-corrected chi connectivity index (χ2v) is 13.1. The molecule has 51 heavy (non-hydrogen) atoms. The van der Waals surface area contributed by atoms with Crippen LogP contribution in [0, 0.1) is 23.6 Å². The number of benzene rings is 1. The first kappa shape index (κ1) is 40.9. The van der Waals surface area contributed by atoms with Gasteiger partial charge < -0.3 is 20.6 Å². The van der Waals surface area contributed by atoms with E-state index < -0.39 is 29.5 Å². The fraction of sp³-hybridized carbons (Fsp3) is 0.528. The van der Waals surface area contributed by atoms with Gasteiger partial charge in [0.15, 0.2) is 5.82 Å². The molecule has 3 heterocycles. The minimum absolute atomic E-state index is 0.00241. The topological polar surface area (TPSA) is 129 Å². The number of rotatable bonds is 14. The molecule has 0 spiro atoms. The molecule has 1 amide bonds. The van der Waals surface area contributed by atoms with Gasteiger partial charge in [0.25, 0.3) is 5.91 Å². The van der Waals surface area contributed by atoms with Crippen molar-refractivity contribution < 1.29 is 36.3 Å². The summed E-state index contributed by atoms with van der Waals surface area (Å²) in [6.45, 7) is 13.7. The lowest BCUT2D eigenvalue weighted by molar-refractivity contribution is -0.143. The Labute approximate surface area is 295 Å². The maximum atomic E-state index is 16.0. The molecular weight excluding hydrogens is 673 g/mol. The van der Waals surface area contributed by atoms with Gasteiger partial charge in [-0.15, -0.1) is 0 Å². The second-order valence-electron chi connectivity index (χ2n) is 13.1. The molecule has 0 aliphatic rings. The monoisotopic (exact) mass is 721 g/mol. The predicted octanol–water partition coefficient (Wildman–Crippen LogP) is 8.99. The third kappa shape index (κ3) is 10.3. The Morgan fingerprint density at radius 1 is 1.08 bits per heavy atom. The molecule has 0 radical (unpaired) electrons. The summed E-state index contributed by atoms with van der Waals surface area (Å²) in [5, 5.41) is 5.94. The number of nitrogen functional groups attached to an aromatic ring is 1. The number of anilines is 2. The molecule has 15 heteroatoms. The highest BCUT2D eigenvalue weighted by molar-refractivity contribution is 6.05. The summed E-state index contributed by atoms with van der Waals surface area (Å²) in [6, 6.07) is 2.82. The van der Waals surface area contributed by atoms with Crippen molar-refractivity contribution >= 4 is 28.8 Å². The van der Waals surface area contributed by atoms with E-state index in [-0.39, 0.29) is 58.0 Å². The van der Waals surface area contributed by atoms with E-state index in [1.165, 1.54) is 10.5 Å². The van der Waals surface area contributed by atoms with Gasteiger partial charge in [0.05, 0.1) is 18.4 Å². The summed E-state index contributed by atoms with van der Waals surface area (Å²) in [4.78, 5) is 32.0. The fourth-order valence-electron chi connectivity index (χ4n) is 5.80. The Bertz CT molecular complexity index is 1820. The summed E-state index contributed by atoms with van der Waals surface area (Å²) >= 11 is 0. The molecule has 2 atom stereocenters. The number of fused-ring (bicyclic) bond motifs is 1. The van der Waals surface area contributed by atoms with Crippen LogP contribution in [0.2, 0.25) is 0 Å². The van der Waals surface area contributed by atoms with Gasteiger partial charge in [-0.2, -0.15) is 22.7 Å². The molecule has 0 aliphatic heterocycles. The molecule has 0 aliphatic carbocycles. The molecular formula is C36H48F5N7O3. The summed E-state index contributed by atoms with van der Waals surface area (Å²) in [5.74, 6) is -1.74. The maximum absolute atomic E-state index is 16.0. The minimum Gasteiger partial charge on any atom is -0.493 e. The number of nitrogens with one attached hydrogen (secondary N) is 1. The molecule has 4 aromatic rings. The van der Waals surface area contributed by atoms with E-state index in [4.69, 9.17) is 15.5 Å². The number of carbonyl (C=O) groups excluding carboxylic acids is 2. The number of alkyl halides is 3. The number of nitrogens with two attached hydrogens (primary N) is 1. The van der Waals surface area contributed by atoms with E-state index in [0.29, 0.717) is 28.4 Å². The smallest absolute Gasteiger partial charge is 0.433 e. The lowest BCUT2D eigenvalue weighted by Gasteiger charge is -2.19. The average Bonchev–Trinajstić information content (AvgIpc) is 3.62. The molecule has 10 nitrogen and oxygen atoms in total. The van der Waals surface area contributed by atoms with E-state index in [1.54, 1.807) is 13.8 Å². The lowest BCUT2D eigenvalue weighted by atomic mass is 9.89. The number of ketones is 1. The third-order valence-corrected chi connectivity index (χ3v) is 8.29. The fourth-order valence-corrected chi connectivity index (χ4v) is 5.80. The van der Waals surface area contributed by atoms with Gasteiger partial charge in [-0.05, 0) is 50.7 Å². The zero-order valence-corrected chi connectivity index (χ0v) is 30.4. The van der Waals surface area contributed by atoms with Crippen molar-refractivity contribution in [2.45, 2.75) is 99.1 Å². The van der Waals surface area contributed by atoms with Crippen LogP contribution in [0.5, 0.6) is 5.75 Å². The zero-order chi connectivity index (χ0) is 38.2. The van der Waals surface area contributed by atoms with Crippen LogP contribution in [0.1, 0.15) is 115 Å². The van der Waals surface area contributed by atoms with Crippen molar-refractivity contribution in [3.05, 3.63) is 53.2 Å². The van der Waals surface area contributed by atoms with Crippen molar-refractivity contribution in [2.24, 2.45) is 18.9 Å². The Kier molecular flexibility index (Phi) is 14.1. The van der Waals surface area contributed by atoms with Gasteiger partial charge >= 0.3 is 6.18 Å². The molecule has 0 fully saturated rings. The molecule has 0 bridgehead atoms. The SMILES string of the molecule is CC(=O)CC(C)C.CCCCC(CC(C)CC)c1nc(-c2c(F)cc(C(=O)Nc3cc(C(F)(F)F)n(C)n3)cc2OCC)c2c(N)ncc(F)n12. The van der Waals surface area contributed by atoms with Crippen LogP contribution in [0.3, 0.4) is 0 Å². The number of hydrogen-bond acceptors (Lipinski definition) is 7. The summed E-state index contributed by atoms with van der Waals surface area (Å²) in [5.41, 5.74) is 4.83. The quantitative estimate of drug-likeness (QED) is 0.124. The highest BCUT2D eigenvalue weighted by atomic mass is 19.4. The minimum atomic E-state index is -4.69. The normalized spacial score (nSPS) is 12.8. The molecule has 4 rings (SSSR count). The van der Waals surface area contributed by atoms with E-state index >= 15 is 8.78 Å². The largest absolute Gasteiger partial charge is 0.493 e. The number of hydrogen-bond donors (Lipinski definition) is 2. The van der Waals surface area contributed by atoms with Gasteiger partial charge in [0, 0.05) is 31.0 Å². The van der Waals surface area contributed by atoms with E-state index in [1.807, 2.05) is 13.8 Å². The van der Waals surface area contributed by atoms with Crippen LogP contribution in [-0.4, -0.2) is 42.4 Å². The highest BCUT2D eigenvalue weighted by Crippen LogP contribution is 2.41. The number of ether oxygens (including phenoxy) is 1. The lowest BCUT2D eigenvalue weighted by Crippen LogP contribution is -2.14. The Morgan fingerprint density at radius 3 is 2.29 bits per heavy atom. The number of nitrogens with zero attached hydrogens (tertiary/aromatic N) is 5. The maximum Gasteiger partial charge on any atom is 0.433 e. The Hall–Kier alpha value is -4.56. The second kappa shape index (κ2) is 17.6. The van der Waals surface area contributed by atoms with E-state index in [2.05, 4.69) is 36.2 Å². The summed E-state index contributed by atoms with van der Waals surface area (Å²) in [7, 11) is 1.09. The zero-order valence-electron chi connectivity index (χ0n) is 30.4. The number of carbonyl (C=O) groups is 2. The van der Waals surface area contributed by atoms with Crippen molar-refractivity contribution in [1.29, 1.82) is 0 Å². The first-order valence-electron chi connectivity index (χ1n) is 17.1. The van der Waals surface area contributed by atoms with Crippen LogP contribution < -0.4 is 15.8 Å². The molecule has 0 saturated heterocycles. The number of halogens is 5. The standard InChI is InChI=1S/C30H36F5N7O2.C6H12O/c1-6-9-10-17(11-16(4)7-2)28-39-25(26-27(36)37-15-22(32)42(26)28)24-19(31)12-18(13-20(24)44-8-3)29(43)38-23-14-21(30(33,34)35)41(5)40-23;1-5(2)4-6(3)7/h12-17H,6-11H2,1-5H3,(H2,36,37)(H,38,40,43);5H,4H2,1-3H3. The summed E-state index contributed by atoms with van der Waals surface area (Å²) < 4.78 is 78.6. The third-order valence-electron chi connectivity index (χ3n) is 8.29. The molecule has 280 valence electrons. The van der Waals surface area contributed by atoms with Gasteiger partial charge in [-0.3, -0.25) is 13.9 Å². The van der Waals surface area contributed by atoms with Crippen molar-refractivity contribution in [3.63, 3.8) is 0 Å². The van der Waals surface area contributed by atoms with Gasteiger partial charge in [0.1, 0.15) is 45.9 Å². The first-order valence-corrected chi connectivity index (χ1v) is 17.1. The Balaban J connectivity index is 0.000000908. The van der Waals surface area contributed by atoms with Crippen LogP contribution >= 0.6 is 0 Å². The predicted molar refractivity (Wildman–Crippen MR) is 187 cm³/mol. The number of amides is 1. The van der Waals surface area contributed by atoms with Crippen LogP contribution in [0.15, 0.2) is 24.4 Å². The van der Waals surface area contributed by atoms with Crippen molar-refractivity contribution in [3.8, 4) is 17.0 Å². The van der Waals surface area contributed by atoms with E-state index in [0.717, 1.165) is 57.8 Å². The Morgan fingerprint density at radius 2 is 1.76 bits per heavy atom. The number of aryl methyl sites for hydroxylation is 1. The summed E-state index contributed by atoms with van der Waals surface area (Å²) in [6.07, 6.45) is 1.18. The van der Waals surface area contributed by atoms with Gasteiger partial charge in [0.2, 0.25) is 5.95 Å². The van der Waals surface area contributed by atoms with Crippen LogP contribution in [0.4, 0.5) is 33.6 Å². The number of unbranched alkanes of at least 4 members (excludes halogenated alkanes) is 1. The van der Waals surface area contributed by atoms with Gasteiger partial charge in [-0.25, -0.2) is 14.4 Å². The van der Waals surface area contributed by atoms with Gasteiger partial charge in [-0.1, -0.05) is 53.9 Å². The van der Waals surface area contributed by atoms with E-state index in [9.17, 15) is 22.8 Å². The molecule has 2 unspecified atom stereocenters. The van der Waals surface area contributed by atoms with Crippen molar-refractivity contribution in [1.82, 2.24) is 24.1 Å². The average molecular weight is 722 g/mol. The first-order chi connectivity index (χ1) is 23.9. The number of Topliss-reactive ketones (excluding diaryl/α,β-unsaturated/α-hetero) is 1. The molecule has 1 aromatic carbocycles. The number of imidazole rings is 1. The highest BCUT2D eigenvalue weighted by Gasteiger charge is 2.35.